The van der Waals surface area contributed by atoms with Crippen LogP contribution in [0.15, 0.2) is 24.3 Å². The van der Waals surface area contributed by atoms with E-state index in [9.17, 15) is 4.79 Å². The molecule has 0 aliphatic carbocycles. The molecule has 0 saturated carbocycles. The minimum atomic E-state index is -0.444. The summed E-state index contributed by atoms with van der Waals surface area (Å²) in [5.74, 6) is 0. The van der Waals surface area contributed by atoms with Crippen LogP contribution in [0.3, 0.4) is 0 Å². The quantitative estimate of drug-likeness (QED) is 0.883. The van der Waals surface area contributed by atoms with Crippen LogP contribution >= 0.6 is 0 Å². The second kappa shape index (κ2) is 6.28. The van der Waals surface area contributed by atoms with Gasteiger partial charge in [-0.15, -0.1) is 0 Å². The Hall–Kier alpha value is -2.52. The van der Waals surface area contributed by atoms with E-state index in [2.05, 4.69) is 34.2 Å². The molecule has 2 fully saturated rings. The van der Waals surface area contributed by atoms with Gasteiger partial charge in [0.25, 0.3) is 0 Å². The number of nitrogens with one attached hydrogen (secondary N) is 1. The molecule has 1 amide bonds. The van der Waals surface area contributed by atoms with E-state index in [4.69, 9.17) is 10.00 Å². The lowest BCUT2D eigenvalue weighted by molar-refractivity contribution is -0.00613. The Bertz CT molecular complexity index is 912. The lowest BCUT2D eigenvalue weighted by Crippen LogP contribution is -2.57. The second-order valence-electron chi connectivity index (χ2n) is 9.01. The Labute approximate surface area is 159 Å². The van der Waals surface area contributed by atoms with Crippen molar-refractivity contribution in [2.75, 3.05) is 26.2 Å². The number of amides is 1. The molecule has 0 bridgehead atoms. The standard InChI is InChI=1S/C21H26N4O2/c1-20(2,3)27-19(26)25-7-6-21(14-25)12-24(13-21)11-15-4-5-16-9-17(10-22)23-18(16)8-15/h4-5,8-9,23H,6-7,11-14H2,1-3H3. The second-order valence-corrected chi connectivity index (χ2v) is 9.01. The fraction of sp³-hybridized carbons (Fsp3) is 0.524. The largest absolute Gasteiger partial charge is 0.444 e. The van der Waals surface area contributed by atoms with Crippen LogP contribution in [0, 0.1) is 16.7 Å². The summed E-state index contributed by atoms with van der Waals surface area (Å²) >= 11 is 0. The number of fused-ring (bicyclic) bond motifs is 1. The molecule has 3 heterocycles. The van der Waals surface area contributed by atoms with Crippen LogP contribution in [0.25, 0.3) is 10.9 Å². The zero-order chi connectivity index (χ0) is 19.2. The molecule has 0 unspecified atom stereocenters. The summed E-state index contributed by atoms with van der Waals surface area (Å²) in [6.45, 7) is 10.2. The van der Waals surface area contributed by atoms with E-state index in [1.54, 1.807) is 0 Å². The van der Waals surface area contributed by atoms with Gasteiger partial charge in [-0.05, 0) is 44.9 Å². The number of nitrogens with zero attached hydrogens (tertiary/aromatic N) is 3. The average Bonchev–Trinajstić information content (AvgIpc) is 3.16. The van der Waals surface area contributed by atoms with Gasteiger partial charge in [0.05, 0.1) is 0 Å². The Balaban J connectivity index is 1.33. The normalized spacial score (nSPS) is 19.3. The van der Waals surface area contributed by atoms with Crippen LogP contribution < -0.4 is 0 Å². The summed E-state index contributed by atoms with van der Waals surface area (Å²) in [7, 11) is 0. The van der Waals surface area contributed by atoms with Gasteiger partial charge in [0, 0.05) is 49.0 Å². The predicted octanol–water partition coefficient (Wildman–Crippen LogP) is 3.48. The van der Waals surface area contributed by atoms with Crippen LogP contribution in [0.2, 0.25) is 0 Å². The van der Waals surface area contributed by atoms with Gasteiger partial charge in [-0.2, -0.15) is 5.26 Å². The first-order valence-corrected chi connectivity index (χ1v) is 9.47. The number of aromatic nitrogens is 1. The average molecular weight is 366 g/mol. The van der Waals surface area contributed by atoms with Crippen molar-refractivity contribution in [1.82, 2.24) is 14.8 Å². The van der Waals surface area contributed by atoms with Crippen molar-refractivity contribution >= 4 is 17.0 Å². The number of carbonyl (C=O) groups is 1. The number of H-pyrrole nitrogens is 1. The van der Waals surface area contributed by atoms with Gasteiger partial charge in [-0.25, -0.2) is 4.79 Å². The Morgan fingerprint density at radius 1 is 1.30 bits per heavy atom. The highest BCUT2D eigenvalue weighted by Crippen LogP contribution is 2.40. The zero-order valence-electron chi connectivity index (χ0n) is 16.2. The summed E-state index contributed by atoms with van der Waals surface area (Å²) in [4.78, 5) is 19.7. The van der Waals surface area contributed by atoms with Gasteiger partial charge in [0.1, 0.15) is 17.4 Å². The molecule has 6 heteroatoms. The van der Waals surface area contributed by atoms with Crippen LogP contribution in [0.1, 0.15) is 38.4 Å². The molecule has 27 heavy (non-hydrogen) atoms. The van der Waals surface area contributed by atoms with E-state index in [1.165, 1.54) is 5.56 Å². The van der Waals surface area contributed by atoms with Crippen molar-refractivity contribution in [2.24, 2.45) is 5.41 Å². The number of carbonyl (C=O) groups excluding carboxylic acids is 1. The third-order valence-electron chi connectivity index (χ3n) is 5.42. The SMILES string of the molecule is CC(C)(C)OC(=O)N1CCC2(CN(Cc3ccc4cc(C#N)[nH]c4c3)C2)C1. The number of ether oxygens (including phenoxy) is 1. The van der Waals surface area contributed by atoms with Gasteiger partial charge in [-0.1, -0.05) is 12.1 Å². The highest BCUT2D eigenvalue weighted by molar-refractivity contribution is 5.81. The molecule has 6 nitrogen and oxygen atoms in total. The first kappa shape index (κ1) is 17.9. The highest BCUT2D eigenvalue weighted by Gasteiger charge is 2.49. The number of rotatable bonds is 2. The summed E-state index contributed by atoms with van der Waals surface area (Å²) in [5, 5.41) is 10.1. The molecule has 4 rings (SSSR count). The van der Waals surface area contributed by atoms with Crippen molar-refractivity contribution < 1.29 is 9.53 Å². The lowest BCUT2D eigenvalue weighted by Gasteiger charge is -2.48. The third-order valence-corrected chi connectivity index (χ3v) is 5.42. The van der Waals surface area contributed by atoms with E-state index in [1.807, 2.05) is 31.7 Å². The fourth-order valence-electron chi connectivity index (χ4n) is 4.28. The van der Waals surface area contributed by atoms with Crippen LogP contribution in [0.5, 0.6) is 0 Å². The third kappa shape index (κ3) is 3.65. The maximum Gasteiger partial charge on any atom is 0.410 e. The molecular formula is C21H26N4O2. The molecule has 2 aromatic rings. The number of hydrogen-bond acceptors (Lipinski definition) is 4. The molecule has 0 radical (unpaired) electrons. The molecule has 0 atom stereocenters. The Morgan fingerprint density at radius 3 is 2.78 bits per heavy atom. The maximum absolute atomic E-state index is 12.3. The van der Waals surface area contributed by atoms with Crippen LogP contribution in [-0.4, -0.2) is 52.7 Å². The molecule has 1 spiro atoms. The Kier molecular flexibility index (Phi) is 4.15. The predicted molar refractivity (Wildman–Crippen MR) is 103 cm³/mol. The van der Waals surface area contributed by atoms with Gasteiger partial charge in [0.2, 0.25) is 0 Å². The lowest BCUT2D eigenvalue weighted by atomic mass is 9.79. The molecule has 1 aromatic carbocycles. The van der Waals surface area contributed by atoms with Crippen LogP contribution in [0.4, 0.5) is 4.79 Å². The van der Waals surface area contributed by atoms with Gasteiger partial charge in [0.15, 0.2) is 0 Å². The van der Waals surface area contributed by atoms with Crippen molar-refractivity contribution in [3.8, 4) is 6.07 Å². The number of likely N-dealkylation sites (tertiary alicyclic amines) is 2. The zero-order valence-corrected chi connectivity index (χ0v) is 16.2. The van der Waals surface area contributed by atoms with E-state index in [0.29, 0.717) is 5.69 Å². The first-order valence-electron chi connectivity index (χ1n) is 9.47. The molecule has 2 saturated heterocycles. The smallest absolute Gasteiger partial charge is 0.410 e. The number of hydrogen-bond donors (Lipinski definition) is 1. The van der Waals surface area contributed by atoms with E-state index >= 15 is 0 Å². The minimum absolute atomic E-state index is 0.191. The van der Waals surface area contributed by atoms with Gasteiger partial charge in [-0.3, -0.25) is 4.90 Å². The number of nitriles is 1. The van der Waals surface area contributed by atoms with Crippen molar-refractivity contribution in [1.29, 1.82) is 5.26 Å². The van der Waals surface area contributed by atoms with E-state index in [-0.39, 0.29) is 11.5 Å². The molecule has 142 valence electrons. The minimum Gasteiger partial charge on any atom is -0.444 e. The maximum atomic E-state index is 12.3. The Morgan fingerprint density at radius 2 is 2.07 bits per heavy atom. The fourth-order valence-corrected chi connectivity index (χ4v) is 4.28. The van der Waals surface area contributed by atoms with Crippen molar-refractivity contribution in [3.63, 3.8) is 0 Å². The molecule has 1 N–H and O–H groups in total. The van der Waals surface area contributed by atoms with E-state index in [0.717, 1.165) is 50.0 Å². The van der Waals surface area contributed by atoms with Gasteiger partial charge < -0.3 is 14.6 Å². The number of aromatic amines is 1. The molecule has 2 aliphatic heterocycles. The van der Waals surface area contributed by atoms with E-state index < -0.39 is 5.60 Å². The summed E-state index contributed by atoms with van der Waals surface area (Å²) in [6, 6.07) is 10.4. The monoisotopic (exact) mass is 366 g/mol. The summed E-state index contributed by atoms with van der Waals surface area (Å²) in [6.07, 6.45) is 0.854. The van der Waals surface area contributed by atoms with Crippen LogP contribution in [-0.2, 0) is 11.3 Å². The molecule has 1 aromatic heterocycles. The molecule has 2 aliphatic rings. The number of benzene rings is 1. The van der Waals surface area contributed by atoms with Crippen molar-refractivity contribution in [3.05, 3.63) is 35.5 Å². The highest BCUT2D eigenvalue weighted by atomic mass is 16.6. The molecular weight excluding hydrogens is 340 g/mol. The summed E-state index contributed by atoms with van der Waals surface area (Å²) in [5.41, 5.74) is 2.63. The van der Waals surface area contributed by atoms with Gasteiger partial charge >= 0.3 is 6.09 Å². The first-order chi connectivity index (χ1) is 12.8. The summed E-state index contributed by atoms with van der Waals surface area (Å²) < 4.78 is 5.51. The topological polar surface area (TPSA) is 72.4 Å². The van der Waals surface area contributed by atoms with Crippen molar-refractivity contribution in [2.45, 2.75) is 39.3 Å².